The summed E-state index contributed by atoms with van der Waals surface area (Å²) in [5.41, 5.74) is 2.15. The molecule has 1 fully saturated rings. The second-order valence-corrected chi connectivity index (χ2v) is 5.22. The van der Waals surface area contributed by atoms with Gasteiger partial charge in [-0.15, -0.1) is 0 Å². The molecule has 1 aliphatic heterocycles. The number of hydrogen-bond acceptors (Lipinski definition) is 3. The molecule has 1 aliphatic rings. The van der Waals surface area contributed by atoms with Crippen LogP contribution in [0.5, 0.6) is 0 Å². The molecule has 0 bridgehead atoms. The fraction of sp³-hybridized carbons (Fsp3) is 0.533. The van der Waals surface area contributed by atoms with E-state index in [-0.39, 0.29) is 17.9 Å². The van der Waals surface area contributed by atoms with Gasteiger partial charge in [0.1, 0.15) is 6.04 Å². The third kappa shape index (κ3) is 3.35. The molecular formula is C15H21N3O2. The summed E-state index contributed by atoms with van der Waals surface area (Å²) >= 11 is 0. The Bertz CT molecular complexity index is 502. The zero-order valence-electron chi connectivity index (χ0n) is 12.1. The van der Waals surface area contributed by atoms with Gasteiger partial charge in [-0.3, -0.25) is 14.6 Å². The van der Waals surface area contributed by atoms with E-state index in [4.69, 9.17) is 0 Å². The van der Waals surface area contributed by atoms with E-state index in [1.165, 1.54) is 0 Å². The van der Waals surface area contributed by atoms with Crippen LogP contribution in [0.3, 0.4) is 0 Å². The molecule has 0 saturated carbocycles. The molecule has 2 amide bonds. The van der Waals surface area contributed by atoms with Crippen molar-refractivity contribution >= 4 is 11.8 Å². The molecule has 0 aromatic carbocycles. The molecule has 1 unspecified atom stereocenters. The smallest absolute Gasteiger partial charge is 0.245 e. The summed E-state index contributed by atoms with van der Waals surface area (Å²) in [6.07, 6.45) is 5.47. The van der Waals surface area contributed by atoms with E-state index in [0.29, 0.717) is 25.9 Å². The number of aryl methyl sites for hydroxylation is 1. The Morgan fingerprint density at radius 1 is 1.45 bits per heavy atom. The standard InChI is InChI=1S/C15H21N3O2/c1-3-4-13-15(20)18(8-6-14(19)17-13)10-12-5-7-16-9-11(12)2/h5,7,9,13H,3-4,6,8,10H2,1-2H3,(H,17,19). The number of hydrogen-bond donors (Lipinski definition) is 1. The van der Waals surface area contributed by atoms with Gasteiger partial charge in [-0.2, -0.15) is 0 Å². The molecule has 5 heteroatoms. The summed E-state index contributed by atoms with van der Waals surface area (Å²) < 4.78 is 0. The summed E-state index contributed by atoms with van der Waals surface area (Å²) in [5.74, 6) is -0.0142. The van der Waals surface area contributed by atoms with Crippen LogP contribution in [0, 0.1) is 6.92 Å². The van der Waals surface area contributed by atoms with Gasteiger partial charge < -0.3 is 10.2 Å². The highest BCUT2D eigenvalue weighted by Crippen LogP contribution is 2.14. The Hall–Kier alpha value is -1.91. The van der Waals surface area contributed by atoms with Crippen LogP contribution < -0.4 is 5.32 Å². The van der Waals surface area contributed by atoms with Gasteiger partial charge in [0.15, 0.2) is 0 Å². The van der Waals surface area contributed by atoms with Crippen LogP contribution in [0.15, 0.2) is 18.5 Å². The Morgan fingerprint density at radius 2 is 2.25 bits per heavy atom. The molecule has 1 N–H and O–H groups in total. The molecular weight excluding hydrogens is 254 g/mol. The van der Waals surface area contributed by atoms with Crippen molar-refractivity contribution in [2.75, 3.05) is 6.54 Å². The largest absolute Gasteiger partial charge is 0.344 e. The maximum absolute atomic E-state index is 12.5. The number of rotatable bonds is 4. The highest BCUT2D eigenvalue weighted by Gasteiger charge is 2.29. The SMILES string of the molecule is CCCC1NC(=O)CCN(Cc2ccncc2C)C1=O. The van der Waals surface area contributed by atoms with Crippen molar-refractivity contribution in [3.63, 3.8) is 0 Å². The second-order valence-electron chi connectivity index (χ2n) is 5.22. The lowest BCUT2D eigenvalue weighted by molar-refractivity contribution is -0.134. The molecule has 1 aromatic heterocycles. The van der Waals surface area contributed by atoms with Crippen molar-refractivity contribution in [3.05, 3.63) is 29.6 Å². The number of amides is 2. The van der Waals surface area contributed by atoms with E-state index < -0.39 is 0 Å². The first-order valence-corrected chi connectivity index (χ1v) is 7.09. The van der Waals surface area contributed by atoms with Crippen LogP contribution >= 0.6 is 0 Å². The van der Waals surface area contributed by atoms with Gasteiger partial charge in [-0.1, -0.05) is 13.3 Å². The Labute approximate surface area is 119 Å². The normalized spacial score (nSPS) is 19.7. The summed E-state index contributed by atoms with van der Waals surface area (Å²) in [6, 6.07) is 1.55. The van der Waals surface area contributed by atoms with E-state index in [9.17, 15) is 9.59 Å². The lowest BCUT2D eigenvalue weighted by atomic mass is 10.1. The van der Waals surface area contributed by atoms with Crippen LogP contribution in [-0.2, 0) is 16.1 Å². The monoisotopic (exact) mass is 275 g/mol. The Morgan fingerprint density at radius 3 is 2.95 bits per heavy atom. The predicted molar refractivity (Wildman–Crippen MR) is 75.8 cm³/mol. The molecule has 2 rings (SSSR count). The topological polar surface area (TPSA) is 62.3 Å². The molecule has 1 aromatic rings. The Balaban J connectivity index is 2.15. The van der Waals surface area contributed by atoms with Crippen molar-refractivity contribution in [2.24, 2.45) is 0 Å². The van der Waals surface area contributed by atoms with Crippen molar-refractivity contribution in [1.82, 2.24) is 15.2 Å². The average molecular weight is 275 g/mol. The molecule has 108 valence electrons. The number of aromatic nitrogens is 1. The van der Waals surface area contributed by atoms with Gasteiger partial charge in [0.2, 0.25) is 11.8 Å². The van der Waals surface area contributed by atoms with Crippen LogP contribution in [0.25, 0.3) is 0 Å². The molecule has 5 nitrogen and oxygen atoms in total. The summed E-state index contributed by atoms with van der Waals surface area (Å²) in [6.45, 7) is 5.02. The van der Waals surface area contributed by atoms with Crippen LogP contribution in [0.1, 0.15) is 37.3 Å². The van der Waals surface area contributed by atoms with Gasteiger partial charge >= 0.3 is 0 Å². The third-order valence-electron chi connectivity index (χ3n) is 3.63. The van der Waals surface area contributed by atoms with Gasteiger partial charge in [-0.25, -0.2) is 0 Å². The maximum Gasteiger partial charge on any atom is 0.245 e. The highest BCUT2D eigenvalue weighted by molar-refractivity contribution is 5.89. The van der Waals surface area contributed by atoms with Gasteiger partial charge in [-0.05, 0) is 30.5 Å². The lowest BCUT2D eigenvalue weighted by Crippen LogP contribution is -2.44. The maximum atomic E-state index is 12.5. The van der Waals surface area contributed by atoms with E-state index in [0.717, 1.165) is 17.5 Å². The minimum atomic E-state index is -0.378. The fourth-order valence-electron chi connectivity index (χ4n) is 2.42. The van der Waals surface area contributed by atoms with Gasteiger partial charge in [0.05, 0.1) is 0 Å². The molecule has 0 radical (unpaired) electrons. The molecule has 1 atom stereocenters. The third-order valence-corrected chi connectivity index (χ3v) is 3.63. The van der Waals surface area contributed by atoms with E-state index in [2.05, 4.69) is 10.3 Å². The van der Waals surface area contributed by atoms with Gasteiger partial charge in [0, 0.05) is 31.9 Å². The second kappa shape index (κ2) is 6.50. The van der Waals surface area contributed by atoms with Crippen molar-refractivity contribution in [1.29, 1.82) is 0 Å². The van der Waals surface area contributed by atoms with E-state index in [1.807, 2.05) is 19.9 Å². The first-order valence-electron chi connectivity index (χ1n) is 7.09. The van der Waals surface area contributed by atoms with Crippen LogP contribution in [0.4, 0.5) is 0 Å². The zero-order chi connectivity index (χ0) is 14.5. The Kier molecular flexibility index (Phi) is 4.71. The van der Waals surface area contributed by atoms with Crippen molar-refractivity contribution < 1.29 is 9.59 Å². The highest BCUT2D eigenvalue weighted by atomic mass is 16.2. The first kappa shape index (κ1) is 14.5. The number of carbonyl (C=O) groups is 2. The fourth-order valence-corrected chi connectivity index (χ4v) is 2.42. The van der Waals surface area contributed by atoms with Crippen LogP contribution in [0.2, 0.25) is 0 Å². The van der Waals surface area contributed by atoms with Crippen LogP contribution in [-0.4, -0.2) is 34.3 Å². The summed E-state index contributed by atoms with van der Waals surface area (Å²) in [5, 5.41) is 2.82. The average Bonchev–Trinajstić information content (AvgIpc) is 2.55. The van der Waals surface area contributed by atoms with Crippen molar-refractivity contribution in [3.8, 4) is 0 Å². The number of nitrogens with one attached hydrogen (secondary N) is 1. The molecule has 0 spiro atoms. The minimum Gasteiger partial charge on any atom is -0.344 e. The molecule has 2 heterocycles. The quantitative estimate of drug-likeness (QED) is 0.903. The summed E-state index contributed by atoms with van der Waals surface area (Å²) in [7, 11) is 0. The van der Waals surface area contributed by atoms with Crippen molar-refractivity contribution in [2.45, 2.75) is 45.7 Å². The molecule has 20 heavy (non-hydrogen) atoms. The zero-order valence-corrected chi connectivity index (χ0v) is 12.1. The molecule has 1 saturated heterocycles. The summed E-state index contributed by atoms with van der Waals surface area (Å²) in [4.78, 5) is 30.0. The number of carbonyl (C=O) groups excluding carboxylic acids is 2. The lowest BCUT2D eigenvalue weighted by Gasteiger charge is -2.24. The molecule has 0 aliphatic carbocycles. The first-order chi connectivity index (χ1) is 9.61. The predicted octanol–water partition coefficient (Wildman–Crippen LogP) is 1.41. The van der Waals surface area contributed by atoms with E-state index >= 15 is 0 Å². The van der Waals surface area contributed by atoms with E-state index in [1.54, 1.807) is 17.3 Å². The minimum absolute atomic E-state index is 0.0221. The van der Waals surface area contributed by atoms with Gasteiger partial charge in [0.25, 0.3) is 0 Å². The number of pyridine rings is 1. The number of nitrogens with zero attached hydrogens (tertiary/aromatic N) is 2.